The van der Waals surface area contributed by atoms with Crippen LogP contribution < -0.4 is 5.73 Å². The number of nitrogens with zero attached hydrogens (tertiary/aromatic N) is 6. The quantitative estimate of drug-likeness (QED) is 0.309. The zero-order valence-corrected chi connectivity index (χ0v) is 22.2. The molecule has 206 valence electrons. The van der Waals surface area contributed by atoms with Gasteiger partial charge in [0, 0.05) is 72.4 Å². The van der Waals surface area contributed by atoms with Crippen molar-refractivity contribution in [3.05, 3.63) is 66.9 Å². The van der Waals surface area contributed by atoms with Crippen LogP contribution in [0.2, 0.25) is 0 Å². The lowest BCUT2D eigenvalue weighted by Crippen LogP contribution is -2.40. The van der Waals surface area contributed by atoms with E-state index < -0.39 is 5.60 Å². The average Bonchev–Trinajstić information content (AvgIpc) is 3.63. The summed E-state index contributed by atoms with van der Waals surface area (Å²) in [4.78, 5) is 31.1. The Morgan fingerprint density at radius 3 is 2.85 bits per heavy atom. The van der Waals surface area contributed by atoms with Gasteiger partial charge < -0.3 is 25.5 Å². The molecule has 5 heterocycles. The molecule has 1 aliphatic carbocycles. The van der Waals surface area contributed by atoms with E-state index in [0.717, 1.165) is 33.4 Å². The summed E-state index contributed by atoms with van der Waals surface area (Å²) in [6.45, 7) is 2.98. The number of amides is 1. The highest BCUT2D eigenvalue weighted by atomic mass is 16.5. The number of nitrogens with one attached hydrogen (secondary N) is 1. The highest BCUT2D eigenvalue weighted by Crippen LogP contribution is 2.31. The summed E-state index contributed by atoms with van der Waals surface area (Å²) in [6, 6.07) is 3.97. The van der Waals surface area contributed by atoms with Crippen molar-refractivity contribution in [3.8, 4) is 22.4 Å². The van der Waals surface area contributed by atoms with E-state index >= 15 is 0 Å². The van der Waals surface area contributed by atoms with Crippen LogP contribution in [0.15, 0.2) is 61.2 Å². The molecule has 1 fully saturated rings. The molecular formula is C29H32N8O3. The Morgan fingerprint density at radius 2 is 2.02 bits per heavy atom. The fourth-order valence-electron chi connectivity index (χ4n) is 5.16. The molecule has 0 saturated carbocycles. The molecule has 6 rings (SSSR count). The van der Waals surface area contributed by atoms with Crippen LogP contribution in [0.5, 0.6) is 0 Å². The van der Waals surface area contributed by atoms with E-state index in [1.807, 2.05) is 53.7 Å². The molecule has 40 heavy (non-hydrogen) atoms. The van der Waals surface area contributed by atoms with Crippen LogP contribution >= 0.6 is 0 Å². The van der Waals surface area contributed by atoms with Crippen molar-refractivity contribution in [1.29, 1.82) is 0 Å². The predicted molar refractivity (Wildman–Crippen MR) is 151 cm³/mol. The van der Waals surface area contributed by atoms with Gasteiger partial charge in [-0.15, -0.1) is 0 Å². The summed E-state index contributed by atoms with van der Waals surface area (Å²) in [5.74, 6) is 0.301. The zero-order valence-electron chi connectivity index (χ0n) is 22.2. The van der Waals surface area contributed by atoms with E-state index in [2.05, 4.69) is 25.0 Å². The van der Waals surface area contributed by atoms with Crippen molar-refractivity contribution in [1.82, 2.24) is 34.6 Å². The number of fused-ring (bicyclic) bond motifs is 1. The Balaban J connectivity index is 1.19. The largest absolute Gasteiger partial charge is 0.385 e. The van der Waals surface area contributed by atoms with Gasteiger partial charge in [0.1, 0.15) is 5.65 Å². The number of rotatable bonds is 8. The Labute approximate surface area is 231 Å². The number of anilines is 1. The predicted octanol–water partition coefficient (Wildman–Crippen LogP) is 2.89. The first-order chi connectivity index (χ1) is 19.5. The van der Waals surface area contributed by atoms with Crippen LogP contribution in [0.1, 0.15) is 25.0 Å². The first kappa shape index (κ1) is 25.9. The molecule has 4 aromatic heterocycles. The minimum atomic E-state index is -0.880. The van der Waals surface area contributed by atoms with E-state index in [-0.39, 0.29) is 11.9 Å². The smallest absolute Gasteiger partial charge is 0.224 e. The summed E-state index contributed by atoms with van der Waals surface area (Å²) in [5, 5.41) is 16.2. The Kier molecular flexibility index (Phi) is 7.14. The van der Waals surface area contributed by atoms with E-state index in [1.165, 1.54) is 0 Å². The van der Waals surface area contributed by atoms with Crippen molar-refractivity contribution in [2.75, 3.05) is 32.0 Å². The number of allylic oxidation sites excluding steroid dienone is 2. The zero-order chi connectivity index (χ0) is 27.5. The lowest BCUT2D eigenvalue weighted by atomic mass is 9.89. The SMILES string of the molecule is Nc1nc(CCC2(O)C=CC=CC2)cc(-c2c[nH]c3ncc(-c4cnn(CCC(=O)N5CCOCC5)c4)cc23)n1. The van der Waals surface area contributed by atoms with Crippen molar-refractivity contribution in [2.45, 2.75) is 37.8 Å². The lowest BCUT2D eigenvalue weighted by Gasteiger charge is -2.26. The molecule has 1 amide bonds. The standard InChI is InChI=1S/C29H32N8O3/c30-28-34-22(4-8-29(39)6-2-1-3-7-29)15-25(35-28)24-18-32-27-23(24)14-20(16-31-27)21-17-33-37(19-21)9-5-26(38)36-10-12-40-13-11-36/h1-3,6,14-19,39H,4-5,7-13H2,(H,31,32)(H2,30,34,35). The second-order valence-electron chi connectivity index (χ2n) is 10.3. The number of aryl methyl sites for hydroxylation is 2. The monoisotopic (exact) mass is 540 g/mol. The van der Waals surface area contributed by atoms with Gasteiger partial charge in [0.2, 0.25) is 11.9 Å². The van der Waals surface area contributed by atoms with Gasteiger partial charge in [-0.05, 0) is 31.4 Å². The number of aromatic amines is 1. The number of carbonyl (C=O) groups is 1. The Hall–Kier alpha value is -4.35. The van der Waals surface area contributed by atoms with Gasteiger partial charge in [-0.25, -0.2) is 15.0 Å². The van der Waals surface area contributed by atoms with Crippen LogP contribution in [-0.2, 0) is 22.5 Å². The molecule has 4 N–H and O–H groups in total. The third-order valence-corrected chi connectivity index (χ3v) is 7.43. The molecule has 1 aliphatic heterocycles. The summed E-state index contributed by atoms with van der Waals surface area (Å²) >= 11 is 0. The maximum absolute atomic E-state index is 12.5. The third kappa shape index (κ3) is 5.65. The van der Waals surface area contributed by atoms with Crippen LogP contribution in [0.25, 0.3) is 33.4 Å². The van der Waals surface area contributed by atoms with E-state index in [0.29, 0.717) is 64.2 Å². The summed E-state index contributed by atoms with van der Waals surface area (Å²) < 4.78 is 7.12. The van der Waals surface area contributed by atoms with E-state index in [9.17, 15) is 9.90 Å². The average molecular weight is 541 g/mol. The van der Waals surface area contributed by atoms with Gasteiger partial charge in [0.25, 0.3) is 0 Å². The number of nitrogens with two attached hydrogens (primary N) is 1. The molecule has 0 bridgehead atoms. The molecule has 11 heteroatoms. The van der Waals surface area contributed by atoms with Crippen LogP contribution in [0.3, 0.4) is 0 Å². The van der Waals surface area contributed by atoms with Gasteiger partial charge >= 0.3 is 0 Å². The number of morpholine rings is 1. The normalized spacial score (nSPS) is 19.0. The number of aliphatic hydroxyl groups is 1. The number of aromatic nitrogens is 6. The van der Waals surface area contributed by atoms with Gasteiger partial charge in [-0.1, -0.05) is 24.3 Å². The lowest BCUT2D eigenvalue weighted by molar-refractivity contribution is -0.135. The van der Waals surface area contributed by atoms with Crippen molar-refractivity contribution in [3.63, 3.8) is 0 Å². The second kappa shape index (κ2) is 11.0. The second-order valence-corrected chi connectivity index (χ2v) is 10.3. The number of carbonyl (C=O) groups excluding carboxylic acids is 1. The van der Waals surface area contributed by atoms with Crippen molar-refractivity contribution in [2.24, 2.45) is 0 Å². The van der Waals surface area contributed by atoms with Crippen LogP contribution in [-0.4, -0.2) is 77.5 Å². The Morgan fingerprint density at radius 1 is 1.15 bits per heavy atom. The Bertz CT molecular complexity index is 1580. The van der Waals surface area contributed by atoms with Gasteiger partial charge in [0.15, 0.2) is 0 Å². The molecule has 4 aromatic rings. The van der Waals surface area contributed by atoms with Gasteiger partial charge in [-0.3, -0.25) is 9.48 Å². The summed E-state index contributed by atoms with van der Waals surface area (Å²) in [7, 11) is 0. The minimum absolute atomic E-state index is 0.116. The van der Waals surface area contributed by atoms with E-state index in [4.69, 9.17) is 10.5 Å². The number of nitrogen functional groups attached to an aromatic ring is 1. The molecule has 2 aliphatic rings. The molecule has 1 unspecified atom stereocenters. The van der Waals surface area contributed by atoms with Crippen LogP contribution in [0, 0.1) is 0 Å². The first-order valence-corrected chi connectivity index (χ1v) is 13.5. The highest BCUT2D eigenvalue weighted by molar-refractivity contribution is 5.95. The summed E-state index contributed by atoms with van der Waals surface area (Å²) in [6.07, 6.45) is 17.1. The van der Waals surface area contributed by atoms with Gasteiger partial charge in [-0.2, -0.15) is 5.10 Å². The summed E-state index contributed by atoms with van der Waals surface area (Å²) in [5.41, 5.74) is 10.1. The first-order valence-electron chi connectivity index (χ1n) is 13.5. The number of H-pyrrole nitrogens is 1. The number of hydrogen-bond donors (Lipinski definition) is 3. The minimum Gasteiger partial charge on any atom is -0.385 e. The highest BCUT2D eigenvalue weighted by Gasteiger charge is 2.24. The molecule has 1 saturated heterocycles. The number of ether oxygens (including phenoxy) is 1. The molecule has 1 atom stereocenters. The van der Waals surface area contributed by atoms with Crippen molar-refractivity contribution >= 4 is 22.9 Å². The molecule has 0 radical (unpaired) electrons. The molecule has 11 nitrogen and oxygen atoms in total. The maximum atomic E-state index is 12.5. The molecule has 0 spiro atoms. The topological polar surface area (TPSA) is 148 Å². The maximum Gasteiger partial charge on any atom is 0.224 e. The van der Waals surface area contributed by atoms with Crippen molar-refractivity contribution < 1.29 is 14.6 Å². The number of pyridine rings is 1. The molecule has 0 aromatic carbocycles. The van der Waals surface area contributed by atoms with Crippen LogP contribution in [0.4, 0.5) is 5.95 Å². The number of hydrogen-bond acceptors (Lipinski definition) is 8. The fraction of sp³-hybridized carbons (Fsp3) is 0.345. The third-order valence-electron chi connectivity index (χ3n) is 7.43. The fourth-order valence-corrected chi connectivity index (χ4v) is 5.16. The van der Waals surface area contributed by atoms with E-state index in [1.54, 1.807) is 17.1 Å². The van der Waals surface area contributed by atoms with Gasteiger partial charge in [0.05, 0.1) is 30.7 Å². The molecular weight excluding hydrogens is 508 g/mol.